The van der Waals surface area contributed by atoms with Crippen molar-refractivity contribution >= 4 is 27.6 Å². The molecule has 1 atom stereocenters. The molecule has 3 nitrogen and oxygen atoms in total. The number of furan rings is 1. The van der Waals surface area contributed by atoms with Gasteiger partial charge in [0.2, 0.25) is 5.78 Å². The van der Waals surface area contributed by atoms with Crippen LogP contribution in [0.3, 0.4) is 0 Å². The van der Waals surface area contributed by atoms with Gasteiger partial charge in [-0.2, -0.15) is 13.2 Å². The Balaban J connectivity index is 1.65. The zero-order valence-corrected chi connectivity index (χ0v) is 17.0. The van der Waals surface area contributed by atoms with E-state index in [-0.39, 0.29) is 23.0 Å². The van der Waals surface area contributed by atoms with Gasteiger partial charge >= 0.3 is 6.18 Å². The molecule has 0 fully saturated rings. The fraction of sp³-hybridized carbons (Fsp3) is 0.125. The van der Waals surface area contributed by atoms with Crippen molar-refractivity contribution in [3.8, 4) is 0 Å². The van der Waals surface area contributed by atoms with Crippen LogP contribution in [0.15, 0.2) is 83.3 Å². The fourth-order valence-corrected chi connectivity index (χ4v) is 4.64. The van der Waals surface area contributed by atoms with E-state index in [0.29, 0.717) is 27.7 Å². The van der Waals surface area contributed by atoms with Crippen molar-refractivity contribution in [1.82, 2.24) is 0 Å². The molecule has 0 bridgehead atoms. The lowest BCUT2D eigenvalue weighted by molar-refractivity contribution is -0.137. The molecule has 0 N–H and O–H groups in total. The molecule has 0 amide bonds. The van der Waals surface area contributed by atoms with E-state index in [2.05, 4.69) is 0 Å². The Morgan fingerprint density at radius 3 is 2.32 bits per heavy atom. The summed E-state index contributed by atoms with van der Waals surface area (Å²) in [5.74, 6) is -0.309. The Morgan fingerprint density at radius 2 is 1.58 bits per heavy atom. The first kappa shape index (κ1) is 21.1. The van der Waals surface area contributed by atoms with Gasteiger partial charge < -0.3 is 4.42 Å². The van der Waals surface area contributed by atoms with Crippen LogP contribution in [0.1, 0.15) is 32.8 Å². The van der Waals surface area contributed by atoms with Gasteiger partial charge in [0.25, 0.3) is 0 Å². The summed E-state index contributed by atoms with van der Waals surface area (Å²) in [6.07, 6.45) is -4.46. The number of hydrogen-bond donors (Lipinski definition) is 0. The molecule has 158 valence electrons. The minimum Gasteiger partial charge on any atom is -0.452 e. The third kappa shape index (κ3) is 4.61. The zero-order chi connectivity index (χ0) is 22.0. The first-order chi connectivity index (χ1) is 14.8. The van der Waals surface area contributed by atoms with Gasteiger partial charge in [-0.25, -0.2) is 0 Å². The number of alkyl halides is 3. The summed E-state index contributed by atoms with van der Waals surface area (Å²) >= 11 is 0. The molecule has 3 aromatic carbocycles. The molecule has 7 heteroatoms. The van der Waals surface area contributed by atoms with Crippen LogP contribution in [0.25, 0.3) is 11.0 Å². The van der Waals surface area contributed by atoms with Gasteiger partial charge in [0.15, 0.2) is 5.76 Å². The maximum Gasteiger partial charge on any atom is 0.416 e. The van der Waals surface area contributed by atoms with Gasteiger partial charge in [-0.1, -0.05) is 66.7 Å². The molecule has 31 heavy (non-hydrogen) atoms. The molecule has 0 radical (unpaired) electrons. The van der Waals surface area contributed by atoms with Crippen LogP contribution in [0.5, 0.6) is 0 Å². The van der Waals surface area contributed by atoms with Crippen LogP contribution < -0.4 is 0 Å². The monoisotopic (exact) mass is 442 g/mol. The second kappa shape index (κ2) is 8.51. The lowest BCUT2D eigenvalue weighted by Crippen LogP contribution is -2.08. The predicted octanol–water partition coefficient (Wildman–Crippen LogP) is 6.13. The summed E-state index contributed by atoms with van der Waals surface area (Å²) in [4.78, 5) is 13.0. The van der Waals surface area contributed by atoms with Crippen LogP contribution in [-0.2, 0) is 28.5 Å². The van der Waals surface area contributed by atoms with E-state index in [0.717, 1.165) is 12.1 Å². The van der Waals surface area contributed by atoms with E-state index in [1.54, 1.807) is 54.6 Å². The Labute approximate surface area is 179 Å². The van der Waals surface area contributed by atoms with Crippen LogP contribution in [0.4, 0.5) is 13.2 Å². The Bertz CT molecular complexity index is 1260. The Morgan fingerprint density at radius 1 is 0.871 bits per heavy atom. The average Bonchev–Trinajstić information content (AvgIpc) is 3.12. The van der Waals surface area contributed by atoms with E-state index >= 15 is 0 Å². The van der Waals surface area contributed by atoms with E-state index in [1.165, 1.54) is 12.1 Å². The van der Waals surface area contributed by atoms with Gasteiger partial charge in [0.05, 0.1) is 11.3 Å². The van der Waals surface area contributed by atoms with Gasteiger partial charge in [-0.15, -0.1) is 0 Å². The summed E-state index contributed by atoms with van der Waals surface area (Å²) < 4.78 is 57.6. The number of ketones is 1. The summed E-state index contributed by atoms with van der Waals surface area (Å²) in [5, 5.41) is 0.666. The molecule has 4 aromatic rings. The highest BCUT2D eigenvalue weighted by Gasteiger charge is 2.30. The van der Waals surface area contributed by atoms with Gasteiger partial charge in [-0.3, -0.25) is 9.00 Å². The number of para-hydroxylation sites is 1. The highest BCUT2D eigenvalue weighted by molar-refractivity contribution is 7.83. The SMILES string of the molecule is O=C(c1ccccc1)c1oc2ccccc2c1C[S@](=O)Cc1cccc(C(F)(F)F)c1. The number of rotatable bonds is 6. The van der Waals surface area contributed by atoms with E-state index in [9.17, 15) is 22.2 Å². The van der Waals surface area contributed by atoms with Gasteiger partial charge in [0.1, 0.15) is 5.58 Å². The standard InChI is InChI=1S/C24H17F3O3S/c25-24(26,27)18-10-6-7-16(13-18)14-31(29)15-20-19-11-4-5-12-21(19)30-23(20)22(28)17-8-2-1-3-9-17/h1-13H,14-15H2/t31-/m1/s1. The van der Waals surface area contributed by atoms with Gasteiger partial charge in [-0.05, 0) is 17.7 Å². The summed E-state index contributed by atoms with van der Waals surface area (Å²) in [6.45, 7) is 0. The van der Waals surface area contributed by atoms with Gasteiger partial charge in [0, 0.05) is 33.1 Å². The number of benzene rings is 3. The molecule has 0 aliphatic heterocycles. The third-order valence-electron chi connectivity index (χ3n) is 4.83. The third-order valence-corrected chi connectivity index (χ3v) is 6.09. The number of halogens is 3. The highest BCUT2D eigenvalue weighted by atomic mass is 32.2. The smallest absolute Gasteiger partial charge is 0.416 e. The molecule has 0 aliphatic carbocycles. The highest BCUT2D eigenvalue weighted by Crippen LogP contribution is 2.31. The Hall–Kier alpha value is -3.19. The molecule has 1 heterocycles. The zero-order valence-electron chi connectivity index (χ0n) is 16.2. The first-order valence-electron chi connectivity index (χ1n) is 9.44. The summed E-state index contributed by atoms with van der Waals surface area (Å²) in [6, 6.07) is 20.4. The molecule has 1 aromatic heterocycles. The van der Waals surface area contributed by atoms with Crippen LogP contribution in [-0.4, -0.2) is 9.99 Å². The van der Waals surface area contributed by atoms with Crippen molar-refractivity contribution < 1.29 is 26.6 Å². The minimum absolute atomic E-state index is 0.0127. The normalized spacial score (nSPS) is 12.7. The van der Waals surface area contributed by atoms with Crippen molar-refractivity contribution in [2.45, 2.75) is 17.7 Å². The average molecular weight is 442 g/mol. The molecule has 0 saturated carbocycles. The van der Waals surface area contributed by atoms with Crippen molar-refractivity contribution in [3.05, 3.63) is 107 Å². The molecule has 0 unspecified atom stereocenters. The Kier molecular flexibility index (Phi) is 5.78. The van der Waals surface area contributed by atoms with Crippen LogP contribution >= 0.6 is 0 Å². The number of carbonyl (C=O) groups excluding carboxylic acids is 1. The topological polar surface area (TPSA) is 47.3 Å². The lowest BCUT2D eigenvalue weighted by atomic mass is 10.0. The van der Waals surface area contributed by atoms with E-state index in [4.69, 9.17) is 4.42 Å². The van der Waals surface area contributed by atoms with Crippen LogP contribution in [0.2, 0.25) is 0 Å². The summed E-state index contributed by atoms with van der Waals surface area (Å²) in [7, 11) is -1.55. The number of carbonyl (C=O) groups is 1. The lowest BCUT2D eigenvalue weighted by Gasteiger charge is -2.09. The van der Waals surface area contributed by atoms with Crippen molar-refractivity contribution in [2.24, 2.45) is 0 Å². The largest absolute Gasteiger partial charge is 0.452 e. The fourth-order valence-electron chi connectivity index (χ4n) is 3.38. The molecule has 0 aliphatic rings. The minimum atomic E-state index is -4.46. The van der Waals surface area contributed by atoms with E-state index < -0.39 is 22.5 Å². The first-order valence-corrected chi connectivity index (χ1v) is 10.9. The molecule has 4 rings (SSSR count). The summed E-state index contributed by atoms with van der Waals surface area (Å²) in [5.41, 5.74) is 0.960. The molecule has 0 saturated heterocycles. The molecular weight excluding hydrogens is 425 g/mol. The predicted molar refractivity (Wildman–Crippen MR) is 113 cm³/mol. The number of fused-ring (bicyclic) bond motifs is 1. The second-order valence-electron chi connectivity index (χ2n) is 7.03. The quantitative estimate of drug-likeness (QED) is 0.338. The molecule has 0 spiro atoms. The van der Waals surface area contributed by atoms with Crippen LogP contribution in [0, 0.1) is 0 Å². The van der Waals surface area contributed by atoms with Crippen molar-refractivity contribution in [3.63, 3.8) is 0 Å². The van der Waals surface area contributed by atoms with Crippen molar-refractivity contribution in [1.29, 1.82) is 0 Å². The second-order valence-corrected chi connectivity index (χ2v) is 8.48. The maximum atomic E-state index is 13.0. The van der Waals surface area contributed by atoms with E-state index in [1.807, 2.05) is 0 Å². The maximum absolute atomic E-state index is 13.0. The number of hydrogen-bond acceptors (Lipinski definition) is 3. The molecular formula is C24H17F3O3S. The van der Waals surface area contributed by atoms with Crippen molar-refractivity contribution in [2.75, 3.05) is 0 Å².